The second kappa shape index (κ2) is 4.51. The summed E-state index contributed by atoms with van der Waals surface area (Å²) in [5.41, 5.74) is 6.20. The number of imidazole rings is 1. The van der Waals surface area contributed by atoms with Gasteiger partial charge in [0.15, 0.2) is 5.03 Å². The van der Waals surface area contributed by atoms with Gasteiger partial charge in [-0.2, -0.15) is 8.42 Å². The Morgan fingerprint density at radius 3 is 2.72 bits per heavy atom. The Kier molecular flexibility index (Phi) is 3.18. The molecule has 0 saturated carbocycles. The summed E-state index contributed by atoms with van der Waals surface area (Å²) in [7, 11) is -2.05. The fourth-order valence-electron chi connectivity index (χ4n) is 1.35. The lowest BCUT2D eigenvalue weighted by molar-refractivity contribution is 0.598. The van der Waals surface area contributed by atoms with E-state index in [1.165, 1.54) is 24.7 Å². The molecule has 2 aromatic rings. The van der Waals surface area contributed by atoms with Crippen LogP contribution in [0.2, 0.25) is 5.02 Å². The average Bonchev–Trinajstić information content (AvgIpc) is 2.70. The molecule has 8 heteroatoms. The number of hydrogen-bond donors (Lipinski definition) is 2. The van der Waals surface area contributed by atoms with E-state index in [4.69, 9.17) is 17.3 Å². The summed E-state index contributed by atoms with van der Waals surface area (Å²) < 4.78 is 27.9. The highest BCUT2D eigenvalue weighted by Gasteiger charge is 2.18. The van der Waals surface area contributed by atoms with Gasteiger partial charge in [-0.3, -0.25) is 4.72 Å². The lowest BCUT2D eigenvalue weighted by Gasteiger charge is -2.08. The number of hydrogen-bond acceptors (Lipinski definition) is 4. The third kappa shape index (κ3) is 2.57. The van der Waals surface area contributed by atoms with Gasteiger partial charge in [0.25, 0.3) is 10.0 Å². The van der Waals surface area contributed by atoms with E-state index >= 15 is 0 Å². The first-order valence-electron chi connectivity index (χ1n) is 4.94. The van der Waals surface area contributed by atoms with E-state index in [1.54, 1.807) is 17.7 Å². The first kappa shape index (κ1) is 12.7. The van der Waals surface area contributed by atoms with Crippen LogP contribution >= 0.6 is 11.6 Å². The van der Waals surface area contributed by atoms with Gasteiger partial charge in [0.2, 0.25) is 0 Å². The van der Waals surface area contributed by atoms with E-state index in [9.17, 15) is 8.42 Å². The van der Waals surface area contributed by atoms with Crippen molar-refractivity contribution in [2.45, 2.75) is 5.03 Å². The Bertz CT molecular complexity index is 681. The zero-order chi connectivity index (χ0) is 13.3. The Balaban J connectivity index is 2.33. The van der Waals surface area contributed by atoms with Crippen molar-refractivity contribution in [1.82, 2.24) is 9.55 Å². The molecule has 0 aliphatic carbocycles. The molecule has 0 bridgehead atoms. The Hall–Kier alpha value is -1.73. The number of aryl methyl sites for hydroxylation is 1. The van der Waals surface area contributed by atoms with Gasteiger partial charge in [0, 0.05) is 18.3 Å². The highest BCUT2D eigenvalue weighted by Crippen LogP contribution is 2.24. The van der Waals surface area contributed by atoms with Crippen LogP contribution < -0.4 is 10.5 Å². The number of nitrogen functional groups attached to an aromatic ring is 1. The molecule has 3 N–H and O–H groups in total. The third-order valence-corrected chi connectivity index (χ3v) is 3.70. The molecule has 18 heavy (non-hydrogen) atoms. The minimum absolute atomic E-state index is 0.0700. The topological polar surface area (TPSA) is 90.0 Å². The van der Waals surface area contributed by atoms with E-state index in [2.05, 4.69) is 9.71 Å². The van der Waals surface area contributed by atoms with Crippen LogP contribution in [0.4, 0.5) is 11.4 Å². The number of anilines is 2. The zero-order valence-corrected chi connectivity index (χ0v) is 11.0. The molecule has 96 valence electrons. The van der Waals surface area contributed by atoms with Gasteiger partial charge < -0.3 is 10.3 Å². The molecule has 0 aliphatic heterocycles. The van der Waals surface area contributed by atoms with Crippen LogP contribution in [-0.4, -0.2) is 18.0 Å². The molecule has 6 nitrogen and oxygen atoms in total. The molecule has 0 amide bonds. The average molecular weight is 287 g/mol. The minimum Gasteiger partial charge on any atom is -0.397 e. The standard InChI is InChI=1S/C10H11ClN4O2S/c1-15-5-10(13-6-15)18(16,17)14-9-3-2-7(11)4-8(9)12/h2-6,14H,12H2,1H3. The van der Waals surface area contributed by atoms with Crippen LogP contribution in [0.3, 0.4) is 0 Å². The molecular formula is C10H11ClN4O2S. The Morgan fingerprint density at radius 2 is 2.17 bits per heavy atom. The van der Waals surface area contributed by atoms with E-state index in [0.717, 1.165) is 0 Å². The number of aromatic nitrogens is 2. The van der Waals surface area contributed by atoms with Crippen molar-refractivity contribution in [2.24, 2.45) is 7.05 Å². The Labute approximate surface area is 109 Å². The monoisotopic (exact) mass is 286 g/mol. The molecule has 1 aromatic carbocycles. The predicted octanol–water partition coefficient (Wildman–Crippen LogP) is 1.46. The van der Waals surface area contributed by atoms with Gasteiger partial charge in [-0.15, -0.1) is 0 Å². The molecular weight excluding hydrogens is 276 g/mol. The van der Waals surface area contributed by atoms with Gasteiger partial charge in [-0.05, 0) is 18.2 Å². The second-order valence-electron chi connectivity index (χ2n) is 3.71. The van der Waals surface area contributed by atoms with Crippen LogP contribution in [0.25, 0.3) is 0 Å². The van der Waals surface area contributed by atoms with Crippen molar-refractivity contribution < 1.29 is 8.42 Å². The number of nitrogens with one attached hydrogen (secondary N) is 1. The number of sulfonamides is 1. The molecule has 1 heterocycles. The van der Waals surface area contributed by atoms with Crippen LogP contribution in [-0.2, 0) is 17.1 Å². The largest absolute Gasteiger partial charge is 0.397 e. The van der Waals surface area contributed by atoms with Gasteiger partial charge in [0.1, 0.15) is 0 Å². The maximum Gasteiger partial charge on any atom is 0.281 e. The highest BCUT2D eigenvalue weighted by atomic mass is 35.5. The van der Waals surface area contributed by atoms with Crippen LogP contribution in [0.1, 0.15) is 0 Å². The summed E-state index contributed by atoms with van der Waals surface area (Å²) in [4.78, 5) is 3.78. The summed E-state index contributed by atoms with van der Waals surface area (Å²) in [6, 6.07) is 4.52. The molecule has 1 aromatic heterocycles. The van der Waals surface area contributed by atoms with Crippen LogP contribution in [0, 0.1) is 0 Å². The van der Waals surface area contributed by atoms with Crippen molar-refractivity contribution in [3.63, 3.8) is 0 Å². The van der Waals surface area contributed by atoms with Gasteiger partial charge in [-0.25, -0.2) is 4.98 Å². The summed E-state index contributed by atoms with van der Waals surface area (Å²) in [6.07, 6.45) is 2.80. The molecule has 0 aliphatic rings. The second-order valence-corrected chi connectivity index (χ2v) is 5.78. The zero-order valence-electron chi connectivity index (χ0n) is 9.46. The first-order valence-corrected chi connectivity index (χ1v) is 6.80. The smallest absolute Gasteiger partial charge is 0.281 e. The summed E-state index contributed by atoms with van der Waals surface area (Å²) in [6.45, 7) is 0. The highest BCUT2D eigenvalue weighted by molar-refractivity contribution is 7.92. The number of halogens is 1. The molecule has 2 rings (SSSR count). The predicted molar refractivity (Wildman–Crippen MR) is 69.9 cm³/mol. The fraction of sp³-hybridized carbons (Fsp3) is 0.100. The Morgan fingerprint density at radius 1 is 1.44 bits per heavy atom. The fourth-order valence-corrected chi connectivity index (χ4v) is 2.60. The first-order chi connectivity index (χ1) is 8.38. The molecule has 0 saturated heterocycles. The molecule has 0 radical (unpaired) electrons. The quantitative estimate of drug-likeness (QED) is 0.836. The summed E-state index contributed by atoms with van der Waals surface area (Å²) in [5, 5.41) is 0.368. The van der Waals surface area contributed by atoms with Crippen molar-refractivity contribution in [2.75, 3.05) is 10.5 Å². The van der Waals surface area contributed by atoms with E-state index < -0.39 is 10.0 Å². The number of nitrogens with zero attached hydrogens (tertiary/aromatic N) is 2. The van der Waals surface area contributed by atoms with Crippen molar-refractivity contribution in [3.8, 4) is 0 Å². The third-order valence-electron chi connectivity index (χ3n) is 2.21. The maximum absolute atomic E-state index is 12.0. The van der Waals surface area contributed by atoms with Crippen molar-refractivity contribution in [1.29, 1.82) is 0 Å². The van der Waals surface area contributed by atoms with E-state index in [1.807, 2.05) is 0 Å². The lowest BCUT2D eigenvalue weighted by Crippen LogP contribution is -2.14. The number of rotatable bonds is 3. The number of nitrogens with two attached hydrogens (primary N) is 1. The minimum atomic E-state index is -3.73. The molecule has 0 spiro atoms. The van der Waals surface area contributed by atoms with Crippen molar-refractivity contribution >= 4 is 33.0 Å². The van der Waals surface area contributed by atoms with Gasteiger partial charge >= 0.3 is 0 Å². The SMILES string of the molecule is Cn1cnc(S(=O)(=O)Nc2ccc(Cl)cc2N)c1. The summed E-state index contributed by atoms with van der Waals surface area (Å²) in [5.74, 6) is 0. The van der Waals surface area contributed by atoms with Crippen LogP contribution in [0.15, 0.2) is 35.7 Å². The maximum atomic E-state index is 12.0. The summed E-state index contributed by atoms with van der Waals surface area (Å²) >= 11 is 5.74. The lowest BCUT2D eigenvalue weighted by atomic mass is 10.3. The normalized spacial score (nSPS) is 11.4. The van der Waals surface area contributed by atoms with Gasteiger partial charge in [-0.1, -0.05) is 11.6 Å². The van der Waals surface area contributed by atoms with Gasteiger partial charge in [0.05, 0.1) is 17.7 Å². The van der Waals surface area contributed by atoms with E-state index in [-0.39, 0.29) is 16.4 Å². The van der Waals surface area contributed by atoms with Crippen molar-refractivity contribution in [3.05, 3.63) is 35.7 Å². The van der Waals surface area contributed by atoms with E-state index in [0.29, 0.717) is 5.02 Å². The number of benzene rings is 1. The molecule has 0 atom stereocenters. The van der Waals surface area contributed by atoms with Crippen LogP contribution in [0.5, 0.6) is 0 Å². The molecule has 0 unspecified atom stereocenters. The molecule has 0 fully saturated rings.